The lowest BCUT2D eigenvalue weighted by Crippen LogP contribution is -2.41. The zero-order chi connectivity index (χ0) is 16.8. The molecule has 1 aromatic carbocycles. The molecule has 2 unspecified atom stereocenters. The maximum Gasteiger partial charge on any atom is 0.409 e. The lowest BCUT2D eigenvalue weighted by molar-refractivity contribution is -0.111. The van der Waals surface area contributed by atoms with Crippen LogP contribution in [-0.4, -0.2) is 30.5 Å². The summed E-state index contributed by atoms with van der Waals surface area (Å²) in [5.41, 5.74) is 0.00701. The lowest BCUT2D eigenvalue weighted by atomic mass is 10.2. The molecule has 0 radical (unpaired) electrons. The van der Waals surface area contributed by atoms with Crippen LogP contribution in [0.5, 0.6) is 5.75 Å². The van der Waals surface area contributed by atoms with Crippen molar-refractivity contribution in [3.8, 4) is 5.75 Å². The van der Waals surface area contributed by atoms with Crippen molar-refractivity contribution >= 4 is 12.4 Å². The third-order valence-corrected chi connectivity index (χ3v) is 2.43. The molecule has 0 saturated carbocycles. The van der Waals surface area contributed by atoms with Gasteiger partial charge in [0, 0.05) is 5.56 Å². The molecule has 22 heavy (non-hydrogen) atoms. The molecule has 6 nitrogen and oxygen atoms in total. The van der Waals surface area contributed by atoms with Gasteiger partial charge in [0.25, 0.3) is 0 Å². The number of hydrogen-bond acceptors (Lipinski definition) is 5. The first-order valence-electron chi connectivity index (χ1n) is 7.06. The summed E-state index contributed by atoms with van der Waals surface area (Å²) in [6, 6.07) is 6.65. The molecule has 6 heteroatoms. The largest absolute Gasteiger partial charge is 0.465 e. The van der Waals surface area contributed by atoms with Crippen molar-refractivity contribution < 1.29 is 23.8 Å². The number of nitrogens with one attached hydrogen (secondary N) is 1. The van der Waals surface area contributed by atoms with Gasteiger partial charge in [-0.25, -0.2) is 4.79 Å². The maximum atomic E-state index is 11.6. The first-order chi connectivity index (χ1) is 10.2. The van der Waals surface area contributed by atoms with Crippen LogP contribution in [-0.2, 0) is 9.47 Å². The van der Waals surface area contributed by atoms with E-state index in [0.29, 0.717) is 11.3 Å². The Labute approximate surface area is 130 Å². The quantitative estimate of drug-likeness (QED) is 0.645. The Kier molecular flexibility index (Phi) is 6.37. The van der Waals surface area contributed by atoms with Crippen LogP contribution in [0.4, 0.5) is 4.79 Å². The average molecular weight is 309 g/mol. The van der Waals surface area contributed by atoms with Crippen molar-refractivity contribution in [2.24, 2.45) is 0 Å². The van der Waals surface area contributed by atoms with E-state index in [1.54, 1.807) is 58.9 Å². The van der Waals surface area contributed by atoms with Crippen molar-refractivity contribution in [2.75, 3.05) is 0 Å². The van der Waals surface area contributed by atoms with E-state index in [1.165, 1.54) is 0 Å². The molecule has 0 bridgehead atoms. The summed E-state index contributed by atoms with van der Waals surface area (Å²) in [4.78, 5) is 22.2. The van der Waals surface area contributed by atoms with Gasteiger partial charge in [-0.15, -0.1) is 0 Å². The van der Waals surface area contributed by atoms with Gasteiger partial charge < -0.3 is 14.2 Å². The van der Waals surface area contributed by atoms with Crippen molar-refractivity contribution in [3.05, 3.63) is 29.8 Å². The van der Waals surface area contributed by atoms with E-state index in [4.69, 9.17) is 14.2 Å². The standard InChI is InChI=1S/C16H23NO5/c1-11(17-15(19)22-16(3,4)5)20-12(2)21-14-8-6-13(10-18)7-9-14/h6-12H,1-5H3,(H,17,19). The maximum absolute atomic E-state index is 11.6. The molecule has 0 fully saturated rings. The third-order valence-electron chi connectivity index (χ3n) is 2.43. The van der Waals surface area contributed by atoms with Crippen molar-refractivity contribution in [2.45, 2.75) is 52.7 Å². The molecule has 0 aliphatic rings. The van der Waals surface area contributed by atoms with Crippen LogP contribution in [0, 0.1) is 0 Å². The van der Waals surface area contributed by atoms with Crippen molar-refractivity contribution in [1.82, 2.24) is 5.32 Å². The van der Waals surface area contributed by atoms with E-state index in [0.717, 1.165) is 6.29 Å². The molecule has 1 rings (SSSR count). The van der Waals surface area contributed by atoms with Gasteiger partial charge in [0.05, 0.1) is 0 Å². The second-order valence-corrected chi connectivity index (χ2v) is 5.80. The number of rotatable bonds is 6. The van der Waals surface area contributed by atoms with Crippen LogP contribution in [0.15, 0.2) is 24.3 Å². The topological polar surface area (TPSA) is 73.9 Å². The molecule has 0 aliphatic heterocycles. The van der Waals surface area contributed by atoms with Gasteiger partial charge in [0.15, 0.2) is 6.29 Å². The van der Waals surface area contributed by atoms with E-state index >= 15 is 0 Å². The highest BCUT2D eigenvalue weighted by Crippen LogP contribution is 2.14. The van der Waals surface area contributed by atoms with E-state index in [1.807, 2.05) is 0 Å². The molecule has 1 aromatic rings. The van der Waals surface area contributed by atoms with Gasteiger partial charge in [-0.2, -0.15) is 0 Å². The van der Waals surface area contributed by atoms with Crippen molar-refractivity contribution in [1.29, 1.82) is 0 Å². The Balaban J connectivity index is 2.41. The molecule has 0 aromatic heterocycles. The molecule has 1 N–H and O–H groups in total. The Morgan fingerprint density at radius 3 is 2.27 bits per heavy atom. The zero-order valence-corrected chi connectivity index (χ0v) is 13.6. The SMILES string of the molecule is CC(NC(=O)OC(C)(C)C)OC(C)Oc1ccc(C=O)cc1. The highest BCUT2D eigenvalue weighted by molar-refractivity contribution is 5.74. The summed E-state index contributed by atoms with van der Waals surface area (Å²) in [6.45, 7) is 8.74. The van der Waals surface area contributed by atoms with Crippen LogP contribution in [0.1, 0.15) is 45.0 Å². The molecule has 1 amide bonds. The molecule has 0 saturated heterocycles. The number of carbonyl (C=O) groups excluding carboxylic acids is 2. The number of aldehydes is 1. The predicted octanol–water partition coefficient (Wildman–Crippen LogP) is 3.11. The molecular formula is C16H23NO5. The summed E-state index contributed by atoms with van der Waals surface area (Å²) in [5.74, 6) is 0.572. The summed E-state index contributed by atoms with van der Waals surface area (Å²) in [7, 11) is 0. The molecule has 0 heterocycles. The Morgan fingerprint density at radius 2 is 1.77 bits per heavy atom. The highest BCUT2D eigenvalue weighted by atomic mass is 16.7. The smallest absolute Gasteiger partial charge is 0.409 e. The van der Waals surface area contributed by atoms with Crippen LogP contribution in [0.3, 0.4) is 0 Å². The first kappa shape index (κ1) is 18.0. The number of ether oxygens (including phenoxy) is 3. The fraction of sp³-hybridized carbons (Fsp3) is 0.500. The van der Waals surface area contributed by atoms with Crippen LogP contribution in [0.25, 0.3) is 0 Å². The fourth-order valence-electron chi connectivity index (χ4n) is 1.64. The van der Waals surface area contributed by atoms with Gasteiger partial charge in [0.1, 0.15) is 23.9 Å². The summed E-state index contributed by atoms with van der Waals surface area (Å²) >= 11 is 0. The van der Waals surface area contributed by atoms with Gasteiger partial charge in [-0.05, 0) is 58.9 Å². The molecule has 2 atom stereocenters. The molecule has 0 spiro atoms. The fourth-order valence-corrected chi connectivity index (χ4v) is 1.64. The van der Waals surface area contributed by atoms with E-state index in [-0.39, 0.29) is 0 Å². The minimum Gasteiger partial charge on any atom is -0.465 e. The molecule has 0 aliphatic carbocycles. The lowest BCUT2D eigenvalue weighted by Gasteiger charge is -2.24. The monoisotopic (exact) mass is 309 g/mol. The van der Waals surface area contributed by atoms with E-state index < -0.39 is 24.2 Å². The first-order valence-corrected chi connectivity index (χ1v) is 7.06. The highest BCUT2D eigenvalue weighted by Gasteiger charge is 2.19. The zero-order valence-electron chi connectivity index (χ0n) is 13.6. The Hall–Kier alpha value is -2.08. The van der Waals surface area contributed by atoms with Gasteiger partial charge in [0.2, 0.25) is 0 Å². The minimum atomic E-state index is -0.577. The normalized spacial score (nSPS) is 13.9. The minimum absolute atomic E-state index is 0.553. The second kappa shape index (κ2) is 7.79. The van der Waals surface area contributed by atoms with E-state index in [2.05, 4.69) is 5.32 Å². The van der Waals surface area contributed by atoms with Crippen LogP contribution < -0.4 is 10.1 Å². The summed E-state index contributed by atoms with van der Waals surface area (Å²) in [6.07, 6.45) is -0.940. The number of amides is 1. The number of benzene rings is 1. The summed E-state index contributed by atoms with van der Waals surface area (Å²) in [5, 5.41) is 2.56. The number of carbonyl (C=O) groups is 2. The third kappa shape index (κ3) is 7.08. The van der Waals surface area contributed by atoms with Gasteiger partial charge in [-0.3, -0.25) is 10.1 Å². The van der Waals surface area contributed by atoms with Crippen LogP contribution in [0.2, 0.25) is 0 Å². The van der Waals surface area contributed by atoms with Crippen molar-refractivity contribution in [3.63, 3.8) is 0 Å². The van der Waals surface area contributed by atoms with Gasteiger partial charge >= 0.3 is 6.09 Å². The van der Waals surface area contributed by atoms with E-state index in [9.17, 15) is 9.59 Å². The second-order valence-electron chi connectivity index (χ2n) is 5.80. The Bertz CT molecular complexity index is 492. The predicted molar refractivity (Wildman–Crippen MR) is 81.8 cm³/mol. The average Bonchev–Trinajstić information content (AvgIpc) is 2.36. The number of alkyl carbamates (subject to hydrolysis) is 1. The molecule has 122 valence electrons. The number of hydrogen-bond donors (Lipinski definition) is 1. The Morgan fingerprint density at radius 1 is 1.18 bits per heavy atom. The molecular weight excluding hydrogens is 286 g/mol. The van der Waals surface area contributed by atoms with Gasteiger partial charge in [-0.1, -0.05) is 0 Å². The van der Waals surface area contributed by atoms with Crippen LogP contribution >= 0.6 is 0 Å². The summed E-state index contributed by atoms with van der Waals surface area (Å²) < 4.78 is 16.2.